The second-order valence-corrected chi connectivity index (χ2v) is 15.6. The smallest absolute Gasteiger partial charge is 0.297 e. The maximum atomic E-state index is 12.1. The van der Waals surface area contributed by atoms with Gasteiger partial charge in [-0.3, -0.25) is 8.37 Å². The zero-order valence-electron chi connectivity index (χ0n) is 28.7. The highest BCUT2D eigenvalue weighted by atomic mass is 32.2. The summed E-state index contributed by atoms with van der Waals surface area (Å²) in [5.41, 5.74) is 1.99. The van der Waals surface area contributed by atoms with Crippen molar-refractivity contribution in [1.29, 1.82) is 0 Å². The highest BCUT2D eigenvalue weighted by molar-refractivity contribution is 7.87. The van der Waals surface area contributed by atoms with E-state index < -0.39 is 26.3 Å². The summed E-state index contributed by atoms with van der Waals surface area (Å²) in [6, 6.07) is 13.0. The van der Waals surface area contributed by atoms with Crippen molar-refractivity contribution in [2.45, 2.75) is 133 Å². The van der Waals surface area contributed by atoms with E-state index >= 15 is 0 Å². The van der Waals surface area contributed by atoms with Crippen LogP contribution in [-0.2, 0) is 38.1 Å². The van der Waals surface area contributed by atoms with E-state index in [1.807, 2.05) is 13.8 Å². The number of epoxide rings is 1. The Morgan fingerprint density at radius 3 is 1.49 bits per heavy atom. The van der Waals surface area contributed by atoms with Crippen LogP contribution in [0.1, 0.15) is 108 Å². The maximum absolute atomic E-state index is 12.1. The number of ether oxygens (including phenoxy) is 2. The van der Waals surface area contributed by atoms with Gasteiger partial charge in [-0.05, 0) is 44.5 Å². The minimum absolute atomic E-state index is 0.0507. The molecule has 3 rings (SSSR count). The summed E-state index contributed by atoms with van der Waals surface area (Å²) in [6.45, 7) is 7.11. The minimum atomic E-state index is -3.85. The van der Waals surface area contributed by atoms with Crippen molar-refractivity contribution in [1.82, 2.24) is 0 Å². The molecule has 0 saturated carbocycles. The van der Waals surface area contributed by atoms with Gasteiger partial charge in [0.1, 0.15) is 12.2 Å². The lowest BCUT2D eigenvalue weighted by Crippen LogP contribution is -2.24. The molecule has 0 spiro atoms. The highest BCUT2D eigenvalue weighted by Crippen LogP contribution is 2.17. The van der Waals surface area contributed by atoms with E-state index in [9.17, 15) is 21.9 Å². The van der Waals surface area contributed by atoms with Crippen LogP contribution in [0.2, 0.25) is 0 Å². The SMILES string of the molecule is CCCCCCCCCCCCCCCCOC[C@@H](O)COS(=O)(=O)c1ccc(C)cc1.Cc1ccc(S(=O)(=O)OC[C@H]2CO2)cc1. The van der Waals surface area contributed by atoms with E-state index in [0.29, 0.717) is 13.2 Å². The summed E-state index contributed by atoms with van der Waals surface area (Å²) < 4.78 is 67.5. The second-order valence-electron chi connectivity index (χ2n) is 12.4. The summed E-state index contributed by atoms with van der Waals surface area (Å²) in [5, 5.41) is 9.90. The van der Waals surface area contributed by atoms with Crippen molar-refractivity contribution >= 4 is 20.2 Å². The Balaban J connectivity index is 0.000000421. The Kier molecular flexibility index (Phi) is 20.6. The first-order valence-corrected chi connectivity index (χ1v) is 20.1. The molecule has 268 valence electrons. The number of aryl methyl sites for hydroxylation is 2. The first kappa shape index (κ1) is 41.3. The van der Waals surface area contributed by atoms with Gasteiger partial charge in [0.05, 0.1) is 36.2 Å². The van der Waals surface area contributed by atoms with E-state index in [1.165, 1.54) is 89.2 Å². The van der Waals surface area contributed by atoms with Gasteiger partial charge >= 0.3 is 0 Å². The van der Waals surface area contributed by atoms with E-state index in [-0.39, 0.29) is 35.7 Å². The van der Waals surface area contributed by atoms with Crippen LogP contribution in [0.5, 0.6) is 0 Å². The van der Waals surface area contributed by atoms with Crippen LogP contribution in [0.4, 0.5) is 0 Å². The zero-order valence-corrected chi connectivity index (χ0v) is 30.4. The van der Waals surface area contributed by atoms with Crippen molar-refractivity contribution < 1.29 is 39.8 Å². The fraction of sp³-hybridized carbons (Fsp3) is 0.667. The van der Waals surface area contributed by atoms with Crippen molar-refractivity contribution in [3.8, 4) is 0 Å². The second kappa shape index (κ2) is 23.5. The van der Waals surface area contributed by atoms with Crippen LogP contribution in [-0.4, -0.2) is 67.2 Å². The van der Waals surface area contributed by atoms with Crippen molar-refractivity contribution in [2.24, 2.45) is 0 Å². The predicted octanol–water partition coefficient (Wildman–Crippen LogP) is 7.66. The van der Waals surface area contributed by atoms with Crippen LogP contribution < -0.4 is 0 Å². The first-order chi connectivity index (χ1) is 22.5. The topological polar surface area (TPSA) is 129 Å². The fourth-order valence-electron chi connectivity index (χ4n) is 4.71. The van der Waals surface area contributed by atoms with Crippen LogP contribution in [0.3, 0.4) is 0 Å². The largest absolute Gasteiger partial charge is 0.388 e. The molecular weight excluding hydrogens is 641 g/mol. The molecule has 0 aliphatic carbocycles. The normalized spacial score (nSPS) is 15.2. The number of benzene rings is 2. The van der Waals surface area contributed by atoms with Crippen LogP contribution in [0.25, 0.3) is 0 Å². The van der Waals surface area contributed by atoms with Gasteiger partial charge in [0.25, 0.3) is 20.2 Å². The van der Waals surface area contributed by atoms with Gasteiger partial charge in [-0.1, -0.05) is 126 Å². The number of hydrogen-bond acceptors (Lipinski definition) is 9. The molecule has 1 aliphatic rings. The van der Waals surface area contributed by atoms with Crippen molar-refractivity contribution in [2.75, 3.05) is 33.0 Å². The number of aliphatic hydroxyl groups excluding tert-OH is 1. The van der Waals surface area contributed by atoms with E-state index in [1.54, 1.807) is 36.4 Å². The van der Waals surface area contributed by atoms with Gasteiger partial charge in [0.2, 0.25) is 0 Å². The van der Waals surface area contributed by atoms with Gasteiger partial charge in [-0.2, -0.15) is 16.8 Å². The standard InChI is InChI=1S/C26H46O5S.C10H12O4S/c1-3-4-5-6-7-8-9-10-11-12-13-14-15-16-21-30-22-25(27)23-31-32(28,29)26-19-17-24(2)18-20-26;1-8-2-4-10(5-3-8)15(11,12)14-7-9-6-13-9/h17-20,25,27H,3-16,21-23H2,1-2H3;2-5,9H,6-7H2,1H3/t25-;9-/m11/s1. The Bertz CT molecular complexity index is 1290. The highest BCUT2D eigenvalue weighted by Gasteiger charge is 2.26. The molecule has 1 fully saturated rings. The average Bonchev–Trinajstić information content (AvgIpc) is 3.88. The average molecular weight is 699 g/mol. The summed E-state index contributed by atoms with van der Waals surface area (Å²) in [7, 11) is -7.46. The first-order valence-electron chi connectivity index (χ1n) is 17.3. The lowest BCUT2D eigenvalue weighted by atomic mass is 10.0. The molecule has 1 aliphatic heterocycles. The Hall–Kier alpha value is -1.86. The van der Waals surface area contributed by atoms with Gasteiger partial charge < -0.3 is 14.6 Å². The van der Waals surface area contributed by atoms with Crippen LogP contribution in [0, 0.1) is 13.8 Å². The van der Waals surface area contributed by atoms with Crippen LogP contribution in [0.15, 0.2) is 58.3 Å². The molecule has 0 bridgehead atoms. The van der Waals surface area contributed by atoms with Gasteiger partial charge in [-0.25, -0.2) is 0 Å². The molecular formula is C36H58O9S2. The number of rotatable bonds is 25. The Morgan fingerprint density at radius 2 is 1.06 bits per heavy atom. The lowest BCUT2D eigenvalue weighted by molar-refractivity contribution is 0.0122. The molecule has 2 atom stereocenters. The molecule has 47 heavy (non-hydrogen) atoms. The van der Waals surface area contributed by atoms with E-state index in [2.05, 4.69) is 6.92 Å². The number of aliphatic hydroxyl groups is 1. The number of unbranched alkanes of at least 4 members (excludes halogenated alkanes) is 13. The van der Waals surface area contributed by atoms with Crippen molar-refractivity contribution in [3.63, 3.8) is 0 Å². The summed E-state index contributed by atoms with van der Waals surface area (Å²) in [4.78, 5) is 0.285. The molecule has 2 aromatic carbocycles. The van der Waals surface area contributed by atoms with E-state index in [4.69, 9.17) is 17.8 Å². The summed E-state index contributed by atoms with van der Waals surface area (Å²) in [6.07, 6.45) is 17.4. The summed E-state index contributed by atoms with van der Waals surface area (Å²) in [5.74, 6) is 0. The Labute approximate surface area is 284 Å². The fourth-order valence-corrected chi connectivity index (χ4v) is 6.59. The van der Waals surface area contributed by atoms with Gasteiger partial charge in [0, 0.05) is 6.61 Å². The summed E-state index contributed by atoms with van der Waals surface area (Å²) >= 11 is 0. The lowest BCUT2D eigenvalue weighted by Gasteiger charge is -2.12. The van der Waals surface area contributed by atoms with E-state index in [0.717, 1.165) is 24.0 Å². The Morgan fingerprint density at radius 1 is 0.660 bits per heavy atom. The molecule has 1 N–H and O–H groups in total. The maximum Gasteiger partial charge on any atom is 0.297 e. The molecule has 9 nitrogen and oxygen atoms in total. The third kappa shape index (κ3) is 19.7. The quantitative estimate of drug-likeness (QED) is 0.0631. The van der Waals surface area contributed by atoms with Crippen molar-refractivity contribution in [3.05, 3.63) is 59.7 Å². The molecule has 0 unspecified atom stereocenters. The minimum Gasteiger partial charge on any atom is -0.388 e. The molecule has 11 heteroatoms. The van der Waals surface area contributed by atoms with Crippen LogP contribution >= 0.6 is 0 Å². The third-order valence-corrected chi connectivity index (χ3v) is 10.4. The van der Waals surface area contributed by atoms with Gasteiger partial charge in [0.15, 0.2) is 0 Å². The van der Waals surface area contributed by atoms with Gasteiger partial charge in [-0.15, -0.1) is 0 Å². The molecule has 1 heterocycles. The molecule has 0 amide bonds. The molecule has 2 aromatic rings. The third-order valence-electron chi connectivity index (χ3n) is 7.80. The zero-order chi connectivity index (χ0) is 34.4. The molecule has 0 aromatic heterocycles. The molecule has 0 radical (unpaired) electrons. The molecule has 1 saturated heterocycles. The number of hydrogen-bond donors (Lipinski definition) is 1. The predicted molar refractivity (Wildman–Crippen MR) is 186 cm³/mol. The monoisotopic (exact) mass is 698 g/mol.